The van der Waals surface area contributed by atoms with Crippen molar-refractivity contribution in [3.8, 4) is 5.75 Å². The van der Waals surface area contributed by atoms with E-state index in [0.29, 0.717) is 5.39 Å². The summed E-state index contributed by atoms with van der Waals surface area (Å²) in [5, 5.41) is 14.0. The molecule has 23 heavy (non-hydrogen) atoms. The first-order valence-electron chi connectivity index (χ1n) is 6.93. The lowest BCUT2D eigenvalue weighted by molar-refractivity contribution is 0.104. The lowest BCUT2D eigenvalue weighted by Crippen LogP contribution is -2.11. The maximum Gasteiger partial charge on any atom is 0.347 e. The molecule has 3 aromatic rings. The Bertz CT molecular complexity index is 995. The molecule has 0 atom stereocenters. The fraction of sp³-hybridized carbons (Fsp3) is 0.118. The van der Waals surface area contributed by atoms with Crippen molar-refractivity contribution in [1.82, 2.24) is 9.78 Å². The summed E-state index contributed by atoms with van der Waals surface area (Å²) in [5.41, 5.74) is 1.16. The molecular weight excluding hydrogens is 296 g/mol. The van der Waals surface area contributed by atoms with E-state index in [0.717, 1.165) is 11.3 Å². The number of hydrogen-bond acceptors (Lipinski definition) is 5. The molecule has 3 rings (SSSR count). The largest absolute Gasteiger partial charge is 0.508 e. The first kappa shape index (κ1) is 14.8. The van der Waals surface area contributed by atoms with Crippen LogP contribution in [0, 0.1) is 6.92 Å². The van der Waals surface area contributed by atoms with Crippen LogP contribution in [-0.2, 0) is 7.05 Å². The van der Waals surface area contributed by atoms with Crippen molar-refractivity contribution in [2.75, 3.05) is 0 Å². The highest BCUT2D eigenvalue weighted by Gasteiger charge is 2.12. The van der Waals surface area contributed by atoms with Crippen LogP contribution < -0.4 is 5.63 Å². The van der Waals surface area contributed by atoms with Gasteiger partial charge < -0.3 is 9.52 Å². The highest BCUT2D eigenvalue weighted by molar-refractivity contribution is 6.07. The Morgan fingerprint density at radius 1 is 1.35 bits per heavy atom. The molecule has 1 N–H and O–H groups in total. The van der Waals surface area contributed by atoms with Crippen LogP contribution in [0.2, 0.25) is 0 Å². The standard InChI is InChI=1S/C17H14N2O4/c1-10-12(9-18-19(10)2)4-6-15(21)14-7-11-3-5-13(20)8-16(11)23-17(14)22/h3-9,20H,1-2H3/b6-4+. The molecule has 2 heterocycles. The first-order valence-corrected chi connectivity index (χ1v) is 6.93. The van der Waals surface area contributed by atoms with E-state index < -0.39 is 11.4 Å². The van der Waals surface area contributed by atoms with Crippen molar-refractivity contribution in [1.29, 1.82) is 0 Å². The number of aromatic nitrogens is 2. The number of allylic oxidation sites excluding steroid dienone is 1. The van der Waals surface area contributed by atoms with Crippen LogP contribution in [0.15, 0.2) is 45.8 Å². The second kappa shape index (κ2) is 5.57. The SMILES string of the molecule is Cc1c(/C=C/C(=O)c2cc3ccc(O)cc3oc2=O)cnn1C. The van der Waals surface area contributed by atoms with Gasteiger partial charge in [-0.05, 0) is 37.3 Å². The van der Waals surface area contributed by atoms with Crippen LogP contribution in [0.5, 0.6) is 5.75 Å². The van der Waals surface area contributed by atoms with Gasteiger partial charge in [0.2, 0.25) is 0 Å². The monoisotopic (exact) mass is 310 g/mol. The molecule has 2 aromatic heterocycles. The van der Waals surface area contributed by atoms with Gasteiger partial charge in [-0.3, -0.25) is 9.48 Å². The van der Waals surface area contributed by atoms with Gasteiger partial charge in [0.15, 0.2) is 5.78 Å². The number of phenols is 1. The summed E-state index contributed by atoms with van der Waals surface area (Å²) in [6.07, 6.45) is 4.58. The van der Waals surface area contributed by atoms with Crippen molar-refractivity contribution >= 4 is 22.8 Å². The van der Waals surface area contributed by atoms with Crippen LogP contribution in [0.3, 0.4) is 0 Å². The Labute approximate surface area is 131 Å². The van der Waals surface area contributed by atoms with Crippen LogP contribution in [0.25, 0.3) is 17.0 Å². The second-order valence-corrected chi connectivity index (χ2v) is 5.18. The average molecular weight is 310 g/mol. The second-order valence-electron chi connectivity index (χ2n) is 5.18. The Balaban J connectivity index is 1.97. The summed E-state index contributed by atoms with van der Waals surface area (Å²) in [5.74, 6) is -0.455. The van der Waals surface area contributed by atoms with Gasteiger partial charge in [0.25, 0.3) is 0 Å². The number of phenolic OH excluding ortho intramolecular Hbond substituents is 1. The maximum atomic E-state index is 12.2. The predicted octanol–water partition coefficient (Wildman–Crippen LogP) is 2.44. The van der Waals surface area contributed by atoms with Gasteiger partial charge in [-0.25, -0.2) is 4.79 Å². The minimum absolute atomic E-state index is 0.00771. The third kappa shape index (κ3) is 2.78. The molecule has 116 valence electrons. The van der Waals surface area contributed by atoms with Crippen LogP contribution in [0.1, 0.15) is 21.6 Å². The number of carbonyl (C=O) groups is 1. The third-order valence-electron chi connectivity index (χ3n) is 3.67. The van der Waals surface area contributed by atoms with E-state index in [2.05, 4.69) is 5.10 Å². The number of ketones is 1. The lowest BCUT2D eigenvalue weighted by Gasteiger charge is -2.00. The number of aryl methyl sites for hydroxylation is 1. The van der Waals surface area contributed by atoms with E-state index >= 15 is 0 Å². The minimum Gasteiger partial charge on any atom is -0.508 e. The molecule has 0 saturated carbocycles. The molecule has 0 aliphatic rings. The lowest BCUT2D eigenvalue weighted by atomic mass is 10.1. The number of carbonyl (C=O) groups excluding carboxylic acids is 1. The minimum atomic E-state index is -0.736. The maximum absolute atomic E-state index is 12.2. The Hall–Kier alpha value is -3.15. The third-order valence-corrected chi connectivity index (χ3v) is 3.67. The highest BCUT2D eigenvalue weighted by atomic mass is 16.4. The molecule has 0 saturated heterocycles. The van der Waals surface area contributed by atoms with Gasteiger partial charge in [-0.1, -0.05) is 0 Å². The summed E-state index contributed by atoms with van der Waals surface area (Å²) in [4.78, 5) is 24.2. The zero-order valence-electron chi connectivity index (χ0n) is 12.6. The number of fused-ring (bicyclic) bond motifs is 1. The summed E-state index contributed by atoms with van der Waals surface area (Å²) < 4.78 is 6.78. The molecule has 0 aliphatic heterocycles. The van der Waals surface area contributed by atoms with Gasteiger partial charge in [-0.15, -0.1) is 0 Å². The fourth-order valence-electron chi connectivity index (χ4n) is 2.21. The fourth-order valence-corrected chi connectivity index (χ4v) is 2.21. The molecule has 6 heteroatoms. The van der Waals surface area contributed by atoms with Gasteiger partial charge in [0.05, 0.1) is 6.20 Å². The van der Waals surface area contributed by atoms with Gasteiger partial charge in [0.1, 0.15) is 16.9 Å². The van der Waals surface area contributed by atoms with Crippen LogP contribution in [-0.4, -0.2) is 20.7 Å². The van der Waals surface area contributed by atoms with Gasteiger partial charge in [-0.2, -0.15) is 5.10 Å². The van der Waals surface area contributed by atoms with Crippen molar-refractivity contribution < 1.29 is 14.3 Å². The molecule has 1 aromatic carbocycles. The quantitative estimate of drug-likeness (QED) is 0.456. The van der Waals surface area contributed by atoms with Crippen LogP contribution in [0.4, 0.5) is 0 Å². The van der Waals surface area contributed by atoms with E-state index in [1.165, 1.54) is 24.3 Å². The average Bonchev–Trinajstić information content (AvgIpc) is 2.83. The van der Waals surface area contributed by atoms with Gasteiger partial charge in [0, 0.05) is 29.8 Å². The molecule has 0 aliphatic carbocycles. The molecule has 0 amide bonds. The Morgan fingerprint density at radius 2 is 2.13 bits per heavy atom. The van der Waals surface area contributed by atoms with Crippen molar-refractivity contribution in [2.24, 2.45) is 7.05 Å². The molecule has 0 bridgehead atoms. The molecule has 0 radical (unpaired) electrons. The van der Waals surface area contributed by atoms with E-state index in [-0.39, 0.29) is 16.9 Å². The Kier molecular flexibility index (Phi) is 3.57. The van der Waals surface area contributed by atoms with Gasteiger partial charge >= 0.3 is 5.63 Å². The molecule has 0 spiro atoms. The summed E-state index contributed by atoms with van der Waals surface area (Å²) >= 11 is 0. The topological polar surface area (TPSA) is 85.3 Å². The normalized spacial score (nSPS) is 11.4. The van der Waals surface area contributed by atoms with Crippen molar-refractivity contribution in [3.05, 3.63) is 63.8 Å². The predicted molar refractivity (Wildman–Crippen MR) is 85.5 cm³/mol. The summed E-state index contributed by atoms with van der Waals surface area (Å²) in [7, 11) is 1.81. The molecular formula is C17H14N2O4. The summed E-state index contributed by atoms with van der Waals surface area (Å²) in [6.45, 7) is 1.88. The number of rotatable bonds is 3. The Morgan fingerprint density at radius 3 is 2.83 bits per heavy atom. The number of hydrogen-bond donors (Lipinski definition) is 1. The molecule has 6 nitrogen and oxygen atoms in total. The number of benzene rings is 1. The number of nitrogens with zero attached hydrogens (tertiary/aromatic N) is 2. The number of aromatic hydroxyl groups is 1. The van der Waals surface area contributed by atoms with E-state index in [4.69, 9.17) is 4.42 Å². The van der Waals surface area contributed by atoms with E-state index in [1.807, 2.05) is 14.0 Å². The van der Waals surface area contributed by atoms with Crippen molar-refractivity contribution in [2.45, 2.75) is 6.92 Å². The van der Waals surface area contributed by atoms with E-state index in [9.17, 15) is 14.7 Å². The first-order chi connectivity index (χ1) is 11.0. The van der Waals surface area contributed by atoms with E-state index in [1.54, 1.807) is 23.0 Å². The smallest absolute Gasteiger partial charge is 0.347 e. The zero-order chi connectivity index (χ0) is 16.6. The molecule has 0 fully saturated rings. The zero-order valence-corrected chi connectivity index (χ0v) is 12.6. The molecule has 0 unspecified atom stereocenters. The summed E-state index contributed by atoms with van der Waals surface area (Å²) in [6, 6.07) is 5.84. The van der Waals surface area contributed by atoms with Crippen LogP contribution >= 0.6 is 0 Å². The van der Waals surface area contributed by atoms with Crippen molar-refractivity contribution in [3.63, 3.8) is 0 Å². The highest BCUT2D eigenvalue weighted by Crippen LogP contribution is 2.19.